The molecule has 0 aliphatic carbocycles. The van der Waals surface area contributed by atoms with Crippen LogP contribution in [-0.4, -0.2) is 32.8 Å². The molecule has 28 heavy (non-hydrogen) atoms. The second-order valence-corrected chi connectivity index (χ2v) is 7.04. The molecule has 1 heterocycles. The van der Waals surface area contributed by atoms with E-state index in [2.05, 4.69) is 35.6 Å². The highest BCUT2D eigenvalue weighted by Gasteiger charge is 2.24. The van der Waals surface area contributed by atoms with Gasteiger partial charge in [0.25, 0.3) is 0 Å². The maximum absolute atomic E-state index is 5.69. The Hall–Kier alpha value is -2.73. The lowest BCUT2D eigenvalue weighted by atomic mass is 10.00. The predicted octanol–water partition coefficient (Wildman–Crippen LogP) is 5.46. The molecule has 2 aromatic carbocycles. The van der Waals surface area contributed by atoms with Crippen LogP contribution in [0.3, 0.4) is 0 Å². The topological polar surface area (TPSA) is 49.8 Å². The third-order valence-electron chi connectivity index (χ3n) is 4.60. The molecule has 0 aliphatic rings. The Morgan fingerprint density at radius 1 is 0.821 bits per heavy atom. The second kappa shape index (κ2) is 8.97. The Labute approximate surface area is 170 Å². The van der Waals surface area contributed by atoms with Crippen LogP contribution in [0.5, 0.6) is 23.0 Å². The van der Waals surface area contributed by atoms with E-state index in [1.807, 2.05) is 12.3 Å². The third kappa shape index (κ3) is 3.64. The van der Waals surface area contributed by atoms with Gasteiger partial charge in [-0.1, -0.05) is 37.6 Å². The zero-order chi connectivity index (χ0) is 20.1. The summed E-state index contributed by atoms with van der Waals surface area (Å²) in [4.78, 5) is 1.07. The smallest absolute Gasteiger partial charge is 0.207 e. The number of ether oxygens (including phenoxy) is 4. The van der Waals surface area contributed by atoms with E-state index in [1.54, 1.807) is 28.4 Å². The Kier molecular flexibility index (Phi) is 6.41. The van der Waals surface area contributed by atoms with Crippen molar-refractivity contribution in [3.8, 4) is 44.6 Å². The van der Waals surface area contributed by atoms with Crippen molar-refractivity contribution in [2.24, 2.45) is 0 Å². The lowest BCUT2D eigenvalue weighted by molar-refractivity contribution is 0.306. The molecule has 3 rings (SSSR count). The minimum Gasteiger partial charge on any atom is -0.493 e. The fourth-order valence-electron chi connectivity index (χ4n) is 3.28. The molecular weight excluding hydrogens is 374 g/mol. The van der Waals surface area contributed by atoms with Gasteiger partial charge < -0.3 is 18.9 Å². The quantitative estimate of drug-likeness (QED) is 0.503. The van der Waals surface area contributed by atoms with E-state index in [-0.39, 0.29) is 0 Å². The van der Waals surface area contributed by atoms with Crippen LogP contribution in [0.25, 0.3) is 21.6 Å². The standard InChI is InChI=1S/C22H25NO4S/c1-6-7-14-8-10-15(11-9-14)22-17(13-23-28-22)16-12-18(24-2)20(26-4)21(27-5)19(16)25-3/h8-13H,6-7H2,1-5H3. The maximum atomic E-state index is 5.69. The molecule has 0 unspecified atom stereocenters. The summed E-state index contributed by atoms with van der Waals surface area (Å²) in [6.45, 7) is 2.19. The number of nitrogens with zero attached hydrogens (tertiary/aromatic N) is 1. The van der Waals surface area contributed by atoms with E-state index < -0.39 is 0 Å². The fraction of sp³-hybridized carbons (Fsp3) is 0.318. The lowest BCUT2D eigenvalue weighted by Crippen LogP contribution is -2.00. The van der Waals surface area contributed by atoms with Crippen LogP contribution in [0.2, 0.25) is 0 Å². The number of hydrogen-bond donors (Lipinski definition) is 0. The number of hydrogen-bond acceptors (Lipinski definition) is 6. The van der Waals surface area contributed by atoms with E-state index in [0.717, 1.165) is 34.4 Å². The average molecular weight is 400 g/mol. The molecule has 1 aromatic heterocycles. The Morgan fingerprint density at radius 3 is 2.07 bits per heavy atom. The minimum atomic E-state index is 0.495. The van der Waals surface area contributed by atoms with Gasteiger partial charge in [-0.3, -0.25) is 0 Å². The molecular formula is C22H25NO4S. The van der Waals surface area contributed by atoms with Crippen molar-refractivity contribution < 1.29 is 18.9 Å². The summed E-state index contributed by atoms with van der Waals surface area (Å²) >= 11 is 1.45. The van der Waals surface area contributed by atoms with E-state index in [1.165, 1.54) is 17.1 Å². The van der Waals surface area contributed by atoms with Gasteiger partial charge in [0.1, 0.15) is 0 Å². The first kappa shape index (κ1) is 20.0. The van der Waals surface area contributed by atoms with E-state index >= 15 is 0 Å². The summed E-state index contributed by atoms with van der Waals surface area (Å²) in [7, 11) is 6.39. The number of rotatable bonds is 8. The molecule has 6 heteroatoms. The monoisotopic (exact) mass is 399 g/mol. The van der Waals surface area contributed by atoms with Crippen molar-refractivity contribution in [1.82, 2.24) is 4.37 Å². The van der Waals surface area contributed by atoms with Crippen molar-refractivity contribution >= 4 is 11.5 Å². The van der Waals surface area contributed by atoms with Crippen LogP contribution < -0.4 is 18.9 Å². The van der Waals surface area contributed by atoms with Crippen molar-refractivity contribution in [3.63, 3.8) is 0 Å². The Morgan fingerprint density at radius 2 is 1.50 bits per heavy atom. The van der Waals surface area contributed by atoms with Gasteiger partial charge in [-0.25, -0.2) is 0 Å². The highest BCUT2D eigenvalue weighted by atomic mass is 32.1. The van der Waals surface area contributed by atoms with Crippen LogP contribution in [0.4, 0.5) is 0 Å². The van der Waals surface area contributed by atoms with Crippen LogP contribution in [-0.2, 0) is 6.42 Å². The molecule has 0 amide bonds. The summed E-state index contributed by atoms with van der Waals surface area (Å²) in [5.41, 5.74) is 4.26. The van der Waals surface area contributed by atoms with Crippen LogP contribution in [0.1, 0.15) is 18.9 Å². The lowest BCUT2D eigenvalue weighted by Gasteiger charge is -2.18. The molecule has 0 aliphatic heterocycles. The van der Waals surface area contributed by atoms with Crippen LogP contribution in [0, 0.1) is 0 Å². The zero-order valence-corrected chi connectivity index (χ0v) is 17.7. The Balaban J connectivity index is 2.16. The molecule has 0 saturated heterocycles. The average Bonchev–Trinajstić information content (AvgIpc) is 3.22. The first-order valence-electron chi connectivity index (χ1n) is 9.09. The van der Waals surface area contributed by atoms with Gasteiger partial charge in [0.15, 0.2) is 11.5 Å². The first-order valence-corrected chi connectivity index (χ1v) is 9.87. The predicted molar refractivity (Wildman–Crippen MR) is 113 cm³/mol. The molecule has 0 spiro atoms. The first-order chi connectivity index (χ1) is 13.7. The van der Waals surface area contributed by atoms with Gasteiger partial charge in [-0.05, 0) is 35.1 Å². The summed E-state index contributed by atoms with van der Waals surface area (Å²) < 4.78 is 26.7. The maximum Gasteiger partial charge on any atom is 0.207 e. The van der Waals surface area contributed by atoms with E-state index in [9.17, 15) is 0 Å². The molecule has 0 fully saturated rings. The summed E-state index contributed by atoms with van der Waals surface area (Å²) in [5, 5.41) is 0. The molecule has 5 nitrogen and oxygen atoms in total. The Bertz CT molecular complexity index is 934. The molecule has 0 radical (unpaired) electrons. The zero-order valence-electron chi connectivity index (χ0n) is 16.9. The van der Waals surface area contributed by atoms with Gasteiger partial charge >= 0.3 is 0 Å². The van der Waals surface area contributed by atoms with Gasteiger partial charge in [-0.15, -0.1) is 0 Å². The van der Waals surface area contributed by atoms with E-state index in [4.69, 9.17) is 18.9 Å². The largest absolute Gasteiger partial charge is 0.493 e. The molecule has 0 N–H and O–H groups in total. The van der Waals surface area contributed by atoms with Gasteiger partial charge in [0, 0.05) is 17.3 Å². The highest BCUT2D eigenvalue weighted by Crippen LogP contribution is 2.51. The highest BCUT2D eigenvalue weighted by molar-refractivity contribution is 7.10. The third-order valence-corrected chi connectivity index (χ3v) is 5.45. The molecule has 3 aromatic rings. The van der Waals surface area contributed by atoms with Crippen LogP contribution in [0.15, 0.2) is 36.5 Å². The fourth-order valence-corrected chi connectivity index (χ4v) is 4.05. The molecule has 0 saturated carbocycles. The summed E-state index contributed by atoms with van der Waals surface area (Å²) in [6.07, 6.45) is 4.06. The SMILES string of the molecule is CCCc1ccc(-c2sncc2-c2cc(OC)c(OC)c(OC)c2OC)cc1. The van der Waals surface area contributed by atoms with Crippen molar-refractivity contribution in [2.75, 3.05) is 28.4 Å². The van der Waals surface area contributed by atoms with E-state index in [0.29, 0.717) is 23.0 Å². The van der Waals surface area contributed by atoms with Gasteiger partial charge in [0.2, 0.25) is 11.5 Å². The van der Waals surface area contributed by atoms with Gasteiger partial charge in [0.05, 0.1) is 33.3 Å². The second-order valence-electron chi connectivity index (χ2n) is 6.24. The molecule has 148 valence electrons. The number of aromatic nitrogens is 1. The minimum absolute atomic E-state index is 0.495. The van der Waals surface area contributed by atoms with Crippen molar-refractivity contribution in [1.29, 1.82) is 0 Å². The normalized spacial score (nSPS) is 10.6. The number of aryl methyl sites for hydroxylation is 1. The van der Waals surface area contributed by atoms with Crippen molar-refractivity contribution in [3.05, 3.63) is 42.1 Å². The summed E-state index contributed by atoms with van der Waals surface area (Å²) in [5.74, 6) is 2.16. The van der Waals surface area contributed by atoms with Crippen molar-refractivity contribution in [2.45, 2.75) is 19.8 Å². The number of methoxy groups -OCH3 is 4. The van der Waals surface area contributed by atoms with Crippen LogP contribution >= 0.6 is 11.5 Å². The molecule has 0 bridgehead atoms. The molecule has 0 atom stereocenters. The number of benzene rings is 2. The summed E-state index contributed by atoms with van der Waals surface area (Å²) in [6, 6.07) is 10.5. The van der Waals surface area contributed by atoms with Gasteiger partial charge in [-0.2, -0.15) is 4.37 Å².